The zero-order chi connectivity index (χ0) is 31.3. The third-order valence-electron chi connectivity index (χ3n) is 7.77. The summed E-state index contributed by atoms with van der Waals surface area (Å²) >= 11 is -4.41. The van der Waals surface area contributed by atoms with E-state index in [0.717, 1.165) is 22.3 Å². The van der Waals surface area contributed by atoms with E-state index < -0.39 is 42.7 Å². The molecule has 2 aliphatic rings. The molecule has 4 aromatic rings. The summed E-state index contributed by atoms with van der Waals surface area (Å²) in [7, 11) is 18.0. The fraction of sp³-hybridized carbons (Fsp3) is 0.314. The normalized spacial score (nSPS) is 22.2. The van der Waals surface area contributed by atoms with Crippen LogP contribution in [0.3, 0.4) is 0 Å². The van der Waals surface area contributed by atoms with Crippen LogP contribution in [0, 0.1) is 0 Å². The molecule has 0 aliphatic carbocycles. The Morgan fingerprint density at radius 2 is 0.841 bits per heavy atom. The second-order valence-electron chi connectivity index (χ2n) is 11.1. The molecule has 1 fully saturated rings. The van der Waals surface area contributed by atoms with E-state index in [1.165, 1.54) is 0 Å². The summed E-state index contributed by atoms with van der Waals surface area (Å²) in [5.41, 5.74) is 1.66. The van der Waals surface area contributed by atoms with Gasteiger partial charge < -0.3 is 9.47 Å². The SMILES string of the molecule is CC1(C)O[C@@H]2[C@@H](O1)C(c1ccccc1)(c1ccccc1)[N]=[Mo]([Cl])([Cl])=[N]C2(c1ccccc1)c1ccccc1.COCCOC. The maximum absolute atomic E-state index is 7.34. The van der Waals surface area contributed by atoms with Crippen LogP contribution in [0.5, 0.6) is 0 Å². The Labute approximate surface area is 271 Å². The number of halogens is 2. The van der Waals surface area contributed by atoms with Gasteiger partial charge in [0.25, 0.3) is 0 Å². The molecule has 0 bridgehead atoms. The zero-order valence-corrected chi connectivity index (χ0v) is 28.8. The van der Waals surface area contributed by atoms with Crippen LogP contribution in [-0.4, -0.2) is 45.4 Å². The van der Waals surface area contributed by atoms with Crippen molar-refractivity contribution in [2.45, 2.75) is 42.9 Å². The van der Waals surface area contributed by atoms with Gasteiger partial charge in [-0.25, -0.2) is 0 Å². The summed E-state index contributed by atoms with van der Waals surface area (Å²) in [5, 5.41) is 0. The van der Waals surface area contributed by atoms with Crippen molar-refractivity contribution in [2.24, 2.45) is 6.99 Å². The van der Waals surface area contributed by atoms with Crippen LogP contribution < -0.4 is 0 Å². The van der Waals surface area contributed by atoms with Crippen LogP contribution in [0.15, 0.2) is 128 Å². The van der Waals surface area contributed by atoms with Gasteiger partial charge in [-0.2, -0.15) is 0 Å². The van der Waals surface area contributed by atoms with Gasteiger partial charge >= 0.3 is 235 Å². The molecule has 0 aromatic heterocycles. The molecule has 0 N–H and O–H groups in total. The first-order valence-electron chi connectivity index (χ1n) is 14.4. The Kier molecular flexibility index (Phi) is 10.4. The van der Waals surface area contributed by atoms with Crippen molar-refractivity contribution in [1.82, 2.24) is 0 Å². The second kappa shape index (κ2) is 13.9. The number of benzene rings is 4. The number of ether oxygens (including phenoxy) is 4. The minimum absolute atomic E-state index is 0.586. The summed E-state index contributed by atoms with van der Waals surface area (Å²) in [5.74, 6) is -0.907. The smallest absolute Gasteiger partial charge is 0.0696 e. The van der Waals surface area contributed by atoms with Gasteiger partial charge in [-0.3, -0.25) is 0 Å². The molecule has 2 heterocycles. The average Bonchev–Trinajstić information content (AvgIpc) is 3.35. The molecule has 6 rings (SSSR count). The van der Waals surface area contributed by atoms with Crippen LogP contribution in [-0.2, 0) is 43.6 Å². The number of rotatable bonds is 7. The first-order chi connectivity index (χ1) is 21.2. The monoisotopic (exact) mass is 718 g/mol. The number of hydrogen-bond acceptors (Lipinski definition) is 6. The molecule has 6 nitrogen and oxygen atoms in total. The van der Waals surface area contributed by atoms with Crippen LogP contribution in [0.25, 0.3) is 0 Å². The summed E-state index contributed by atoms with van der Waals surface area (Å²) < 4.78 is 33.9. The summed E-state index contributed by atoms with van der Waals surface area (Å²) in [6, 6.07) is 40.5. The molecule has 4 aromatic carbocycles. The molecule has 0 radical (unpaired) electrons. The van der Waals surface area contributed by atoms with E-state index in [0.29, 0.717) is 13.2 Å². The Hall–Kier alpha value is -2.41. The zero-order valence-electron chi connectivity index (χ0n) is 25.3. The van der Waals surface area contributed by atoms with Crippen molar-refractivity contribution in [1.29, 1.82) is 0 Å². The third kappa shape index (κ3) is 6.59. The van der Waals surface area contributed by atoms with Crippen molar-refractivity contribution >= 4 is 18.8 Å². The topological polar surface area (TPSA) is 61.6 Å². The maximum Gasteiger partial charge on any atom is 0.0696 e. The number of nitrogens with zero attached hydrogens (tertiary/aromatic N) is 2. The van der Waals surface area contributed by atoms with Crippen LogP contribution in [0.2, 0.25) is 0 Å². The number of hydrogen-bond donors (Lipinski definition) is 0. The van der Waals surface area contributed by atoms with E-state index in [-0.39, 0.29) is 0 Å². The third-order valence-corrected chi connectivity index (χ3v) is 11.9. The van der Waals surface area contributed by atoms with Gasteiger partial charge in [0.1, 0.15) is 0 Å². The van der Waals surface area contributed by atoms with E-state index in [2.05, 4.69) is 58.0 Å². The molecule has 0 saturated carbocycles. The molecule has 232 valence electrons. The van der Waals surface area contributed by atoms with E-state index in [4.69, 9.17) is 35.3 Å². The van der Waals surface area contributed by atoms with Gasteiger partial charge in [-0.05, 0) is 0 Å². The largest absolute Gasteiger partial charge is 0.382 e. The predicted octanol–water partition coefficient (Wildman–Crippen LogP) is 8.52. The van der Waals surface area contributed by atoms with Crippen LogP contribution >= 0.6 is 18.8 Å². The number of fused-ring (bicyclic) bond motifs is 1. The average molecular weight is 718 g/mol. The minimum Gasteiger partial charge on any atom is -0.382 e. The van der Waals surface area contributed by atoms with E-state index in [1.54, 1.807) is 14.2 Å². The first-order valence-corrected chi connectivity index (χ1v) is 21.4. The van der Waals surface area contributed by atoms with E-state index >= 15 is 0 Å². The Morgan fingerprint density at radius 3 is 1.09 bits per heavy atom. The van der Waals surface area contributed by atoms with Crippen molar-refractivity contribution in [2.75, 3.05) is 27.4 Å². The first kappa shape index (κ1) is 33.0. The fourth-order valence-electron chi connectivity index (χ4n) is 5.98. The molecule has 0 spiro atoms. The molecule has 2 atom stereocenters. The standard InChI is InChI=1S/C31H28N2O2.C4H10O2.2ClH.Mo/c1-29(2)34-27(30(32,23-15-7-3-8-16-23)24-17-9-4-10-18-24)28(35-29)31(33,25-19-11-5-12-20-25)26-21-13-6-14-22-26;1-5-3-4-6-2;;;/h3-22,27-28H,1-2H3;3-4H2,1-2H3;2*1H;/q;;;;+2/p-2/t27-,28-;;;;/m1..../s1. The van der Waals surface area contributed by atoms with Gasteiger partial charge in [0, 0.05) is 14.2 Å². The molecular formula is C35H38Cl2MoN2O4. The van der Waals surface area contributed by atoms with Crippen molar-refractivity contribution < 1.29 is 32.6 Å². The quantitative estimate of drug-likeness (QED) is 0.142. The Balaban J connectivity index is 0.000000584. The van der Waals surface area contributed by atoms with Gasteiger partial charge in [0.05, 0.1) is 13.2 Å². The molecule has 9 heteroatoms. The minimum atomic E-state index is -4.41. The molecule has 0 amide bonds. The molecule has 44 heavy (non-hydrogen) atoms. The Bertz CT molecular complexity index is 1430. The van der Waals surface area contributed by atoms with Crippen molar-refractivity contribution in [3.05, 3.63) is 144 Å². The fourth-order valence-corrected chi connectivity index (χ4v) is 11.9. The molecule has 0 unspecified atom stereocenters. The summed E-state index contributed by atoms with van der Waals surface area (Å²) in [6.45, 7) is 5.27. The van der Waals surface area contributed by atoms with Gasteiger partial charge in [0.2, 0.25) is 0 Å². The molecule has 1 saturated heterocycles. The van der Waals surface area contributed by atoms with Crippen LogP contribution in [0.4, 0.5) is 0 Å². The van der Waals surface area contributed by atoms with Gasteiger partial charge in [0.15, 0.2) is 0 Å². The summed E-state index contributed by atoms with van der Waals surface area (Å²) in [6.07, 6.45) is -1.17. The maximum atomic E-state index is 7.34. The summed E-state index contributed by atoms with van der Waals surface area (Å²) in [4.78, 5) is 0. The van der Waals surface area contributed by atoms with E-state index in [1.807, 2.05) is 86.6 Å². The molecule has 2 aliphatic heterocycles. The van der Waals surface area contributed by atoms with Gasteiger partial charge in [-0.1, -0.05) is 0 Å². The number of methoxy groups -OCH3 is 2. The Morgan fingerprint density at radius 1 is 0.568 bits per heavy atom. The second-order valence-corrected chi connectivity index (χ2v) is 20.0. The molecular weight excluding hydrogens is 679 g/mol. The van der Waals surface area contributed by atoms with Gasteiger partial charge in [-0.15, -0.1) is 0 Å². The van der Waals surface area contributed by atoms with Crippen molar-refractivity contribution in [3.63, 3.8) is 0 Å². The van der Waals surface area contributed by atoms with E-state index in [9.17, 15) is 0 Å². The van der Waals surface area contributed by atoms with Crippen LogP contribution in [0.1, 0.15) is 36.1 Å². The predicted molar refractivity (Wildman–Crippen MR) is 171 cm³/mol. The van der Waals surface area contributed by atoms with Crippen molar-refractivity contribution in [3.8, 4) is 0 Å².